The number of carbonyl (C=O) groups excluding carboxylic acids is 1. The zero-order valence-corrected chi connectivity index (χ0v) is 10.3. The predicted molar refractivity (Wildman–Crippen MR) is 70.0 cm³/mol. The number of benzene rings is 2. The normalized spacial score (nSPS) is 9.95. The van der Waals surface area contributed by atoms with E-state index >= 15 is 0 Å². The minimum atomic E-state index is -0.550. The molecular weight excluding hydrogens is 270 g/mol. The van der Waals surface area contributed by atoms with Crippen molar-refractivity contribution in [3.8, 4) is 11.5 Å². The van der Waals surface area contributed by atoms with Crippen LogP contribution in [0.2, 0.25) is 5.02 Å². The number of nitro groups is 1. The van der Waals surface area contributed by atoms with Crippen LogP contribution in [0, 0.1) is 10.1 Å². The maximum Gasteiger partial charge on any atom is 0.311 e. The lowest BCUT2D eigenvalue weighted by atomic mass is 10.2. The molecule has 0 radical (unpaired) electrons. The highest BCUT2D eigenvalue weighted by molar-refractivity contribution is 6.30. The van der Waals surface area contributed by atoms with Crippen LogP contribution >= 0.6 is 11.6 Å². The average Bonchev–Trinajstić information content (AvgIpc) is 2.41. The molecule has 96 valence electrons. The van der Waals surface area contributed by atoms with Crippen molar-refractivity contribution in [1.29, 1.82) is 0 Å². The van der Waals surface area contributed by atoms with Crippen molar-refractivity contribution < 1.29 is 14.5 Å². The van der Waals surface area contributed by atoms with Gasteiger partial charge in [0.15, 0.2) is 6.29 Å². The standard InChI is InChI=1S/C13H8ClNO4/c14-10-5-6-12(9(7-10)8-16)19-13-4-2-1-3-11(13)15(17)18/h1-8H. The predicted octanol–water partition coefficient (Wildman–Crippen LogP) is 3.85. The molecule has 0 heterocycles. The summed E-state index contributed by atoms with van der Waals surface area (Å²) in [6, 6.07) is 10.4. The number of para-hydroxylation sites is 2. The van der Waals surface area contributed by atoms with Gasteiger partial charge >= 0.3 is 5.69 Å². The number of ether oxygens (including phenoxy) is 1. The van der Waals surface area contributed by atoms with Crippen molar-refractivity contribution >= 4 is 23.6 Å². The number of halogens is 1. The number of hydrogen-bond donors (Lipinski definition) is 0. The van der Waals surface area contributed by atoms with E-state index in [0.717, 1.165) is 0 Å². The fraction of sp³-hybridized carbons (Fsp3) is 0. The molecule has 0 atom stereocenters. The van der Waals surface area contributed by atoms with Gasteiger partial charge in [-0.2, -0.15) is 0 Å². The third kappa shape index (κ3) is 2.89. The van der Waals surface area contributed by atoms with Gasteiger partial charge in [-0.3, -0.25) is 14.9 Å². The molecule has 0 saturated heterocycles. The zero-order chi connectivity index (χ0) is 13.8. The highest BCUT2D eigenvalue weighted by Gasteiger charge is 2.15. The van der Waals surface area contributed by atoms with Crippen LogP contribution in [0.5, 0.6) is 11.5 Å². The Balaban J connectivity index is 2.42. The van der Waals surface area contributed by atoms with Gasteiger partial charge < -0.3 is 4.74 Å². The minimum absolute atomic E-state index is 0.0675. The fourth-order valence-corrected chi connectivity index (χ4v) is 1.70. The summed E-state index contributed by atoms with van der Waals surface area (Å²) in [7, 11) is 0. The molecule has 0 bridgehead atoms. The molecule has 6 heteroatoms. The largest absolute Gasteiger partial charge is 0.449 e. The molecule has 0 spiro atoms. The van der Waals surface area contributed by atoms with Gasteiger partial charge in [-0.05, 0) is 24.3 Å². The van der Waals surface area contributed by atoms with E-state index in [1.807, 2.05) is 0 Å². The highest BCUT2D eigenvalue weighted by atomic mass is 35.5. The van der Waals surface area contributed by atoms with Gasteiger partial charge in [-0.15, -0.1) is 0 Å². The Morgan fingerprint density at radius 3 is 2.58 bits per heavy atom. The first kappa shape index (κ1) is 13.0. The summed E-state index contributed by atoms with van der Waals surface area (Å²) in [6.45, 7) is 0. The van der Waals surface area contributed by atoms with Crippen LogP contribution in [0.15, 0.2) is 42.5 Å². The van der Waals surface area contributed by atoms with E-state index in [1.165, 1.54) is 30.3 Å². The van der Waals surface area contributed by atoms with Crippen LogP contribution in [0.3, 0.4) is 0 Å². The van der Waals surface area contributed by atoms with Gasteiger partial charge in [0.2, 0.25) is 5.75 Å². The molecule has 2 aromatic rings. The average molecular weight is 278 g/mol. The lowest BCUT2D eigenvalue weighted by Gasteiger charge is -2.08. The second kappa shape index (κ2) is 5.49. The SMILES string of the molecule is O=Cc1cc(Cl)ccc1Oc1ccccc1[N+](=O)[O-]. The summed E-state index contributed by atoms with van der Waals surface area (Å²) in [5, 5.41) is 11.2. The fourth-order valence-electron chi connectivity index (χ4n) is 1.52. The first-order chi connectivity index (χ1) is 9.11. The van der Waals surface area contributed by atoms with E-state index < -0.39 is 4.92 Å². The number of carbonyl (C=O) groups is 1. The molecule has 5 nitrogen and oxygen atoms in total. The van der Waals surface area contributed by atoms with E-state index in [2.05, 4.69) is 0 Å². The second-order valence-corrected chi connectivity index (χ2v) is 4.06. The Labute approximate surface area is 113 Å². The molecule has 0 fully saturated rings. The molecule has 0 amide bonds. The molecule has 2 aromatic carbocycles. The molecule has 0 aliphatic heterocycles. The molecule has 0 unspecified atom stereocenters. The maximum atomic E-state index is 10.9. The van der Waals surface area contributed by atoms with Crippen LogP contribution < -0.4 is 4.74 Å². The number of rotatable bonds is 4. The van der Waals surface area contributed by atoms with E-state index in [4.69, 9.17) is 16.3 Å². The lowest BCUT2D eigenvalue weighted by molar-refractivity contribution is -0.385. The van der Waals surface area contributed by atoms with E-state index in [1.54, 1.807) is 12.1 Å². The lowest BCUT2D eigenvalue weighted by Crippen LogP contribution is -1.95. The Morgan fingerprint density at radius 2 is 1.89 bits per heavy atom. The van der Waals surface area contributed by atoms with Gasteiger partial charge in [-0.25, -0.2) is 0 Å². The third-order valence-corrected chi connectivity index (χ3v) is 2.62. The number of hydrogen-bond acceptors (Lipinski definition) is 4. The Bertz CT molecular complexity index is 642. The van der Waals surface area contributed by atoms with E-state index in [0.29, 0.717) is 11.3 Å². The van der Waals surface area contributed by atoms with Crippen molar-refractivity contribution in [2.75, 3.05) is 0 Å². The highest BCUT2D eigenvalue weighted by Crippen LogP contribution is 2.32. The first-order valence-corrected chi connectivity index (χ1v) is 5.65. The summed E-state index contributed by atoms with van der Waals surface area (Å²) in [5.74, 6) is 0.284. The summed E-state index contributed by atoms with van der Waals surface area (Å²) in [4.78, 5) is 21.2. The van der Waals surface area contributed by atoms with Gasteiger partial charge in [0.05, 0.1) is 10.5 Å². The number of nitrogens with zero attached hydrogens (tertiary/aromatic N) is 1. The molecule has 0 saturated carbocycles. The summed E-state index contributed by atoms with van der Waals surface area (Å²) < 4.78 is 5.42. The number of nitro benzene ring substituents is 1. The van der Waals surface area contributed by atoms with Gasteiger partial charge in [0.25, 0.3) is 0 Å². The summed E-state index contributed by atoms with van der Waals surface area (Å²) in [6.07, 6.45) is 0.579. The summed E-state index contributed by atoms with van der Waals surface area (Å²) in [5.41, 5.74) is 0.0555. The van der Waals surface area contributed by atoms with Crippen LogP contribution in [-0.4, -0.2) is 11.2 Å². The van der Waals surface area contributed by atoms with Gasteiger partial charge in [0, 0.05) is 11.1 Å². The van der Waals surface area contributed by atoms with Crippen LogP contribution in [0.4, 0.5) is 5.69 Å². The summed E-state index contributed by atoms with van der Waals surface area (Å²) >= 11 is 5.76. The molecule has 2 rings (SSSR count). The quantitative estimate of drug-likeness (QED) is 0.483. The third-order valence-electron chi connectivity index (χ3n) is 2.38. The molecule has 0 aliphatic rings. The van der Waals surface area contributed by atoms with Gasteiger partial charge in [-0.1, -0.05) is 23.7 Å². The smallest absolute Gasteiger partial charge is 0.311 e. The Morgan fingerprint density at radius 1 is 1.16 bits per heavy atom. The molecule has 0 aromatic heterocycles. The first-order valence-electron chi connectivity index (χ1n) is 5.28. The van der Waals surface area contributed by atoms with Crippen molar-refractivity contribution in [1.82, 2.24) is 0 Å². The van der Waals surface area contributed by atoms with Crippen molar-refractivity contribution in [3.63, 3.8) is 0 Å². The molecular formula is C13H8ClNO4. The maximum absolute atomic E-state index is 10.9. The topological polar surface area (TPSA) is 69.4 Å². The van der Waals surface area contributed by atoms with Crippen LogP contribution in [0.1, 0.15) is 10.4 Å². The molecule has 19 heavy (non-hydrogen) atoms. The Hall–Kier alpha value is -2.40. The Kier molecular flexibility index (Phi) is 3.77. The van der Waals surface area contributed by atoms with E-state index in [9.17, 15) is 14.9 Å². The van der Waals surface area contributed by atoms with Crippen LogP contribution in [-0.2, 0) is 0 Å². The second-order valence-electron chi connectivity index (χ2n) is 3.63. The monoisotopic (exact) mass is 277 g/mol. The minimum Gasteiger partial charge on any atom is -0.449 e. The number of aldehydes is 1. The van der Waals surface area contributed by atoms with Crippen LogP contribution in [0.25, 0.3) is 0 Å². The molecule has 0 aliphatic carbocycles. The van der Waals surface area contributed by atoms with Gasteiger partial charge in [0.1, 0.15) is 5.75 Å². The van der Waals surface area contributed by atoms with E-state index in [-0.39, 0.29) is 22.7 Å². The molecule has 0 N–H and O–H groups in total. The zero-order valence-electron chi connectivity index (χ0n) is 9.58. The van der Waals surface area contributed by atoms with Crippen molar-refractivity contribution in [3.05, 3.63) is 63.2 Å². The van der Waals surface area contributed by atoms with Crippen molar-refractivity contribution in [2.24, 2.45) is 0 Å². The van der Waals surface area contributed by atoms with Crippen molar-refractivity contribution in [2.45, 2.75) is 0 Å².